The summed E-state index contributed by atoms with van der Waals surface area (Å²) >= 11 is 11.7. The second kappa shape index (κ2) is 4.47. The Morgan fingerprint density at radius 3 is 2.00 bits per heavy atom. The Morgan fingerprint density at radius 1 is 1.33 bits per heavy atom. The number of aliphatic hydroxyl groups is 1. The largest absolute Gasteiger partial charge is 0.385 e. The van der Waals surface area contributed by atoms with Crippen molar-refractivity contribution in [3.63, 3.8) is 0 Å². The molecule has 0 atom stereocenters. The van der Waals surface area contributed by atoms with Crippen LogP contribution in [0.25, 0.3) is 0 Å². The summed E-state index contributed by atoms with van der Waals surface area (Å²) in [6.07, 6.45) is 0. The van der Waals surface area contributed by atoms with E-state index in [0.29, 0.717) is 16.6 Å². The first-order valence-corrected chi connectivity index (χ1v) is 4.42. The Kier molecular flexibility index (Phi) is 4.56. The van der Waals surface area contributed by atoms with Crippen molar-refractivity contribution in [3.05, 3.63) is 10.1 Å². The zero-order chi connectivity index (χ0) is 9.94. The Hall–Kier alpha value is 0.240. The molecule has 0 radical (unpaired) electrons. The summed E-state index contributed by atoms with van der Waals surface area (Å²) in [7, 11) is 3.77. The van der Waals surface area contributed by atoms with E-state index in [0.717, 1.165) is 0 Å². The van der Waals surface area contributed by atoms with E-state index in [4.69, 9.17) is 23.2 Å². The summed E-state index contributed by atoms with van der Waals surface area (Å²) in [6.45, 7) is 3.76. The fourth-order valence-corrected chi connectivity index (χ4v) is 1.21. The van der Waals surface area contributed by atoms with Crippen molar-refractivity contribution < 1.29 is 5.11 Å². The number of hydrogen-bond acceptors (Lipinski definition) is 2. The average molecular weight is 212 g/mol. The van der Waals surface area contributed by atoms with Gasteiger partial charge in [-0.3, -0.25) is 0 Å². The maximum Gasteiger partial charge on any atom is 0.0957 e. The van der Waals surface area contributed by atoms with Gasteiger partial charge < -0.3 is 10.0 Å². The highest BCUT2D eigenvalue weighted by Gasteiger charge is 2.20. The van der Waals surface area contributed by atoms with Crippen LogP contribution >= 0.6 is 23.2 Å². The lowest BCUT2D eigenvalue weighted by Gasteiger charge is -2.19. The maximum atomic E-state index is 9.48. The molecule has 0 aliphatic heterocycles. The smallest absolute Gasteiger partial charge is 0.0957 e. The van der Waals surface area contributed by atoms with Gasteiger partial charge in [0.1, 0.15) is 0 Å². The molecule has 0 saturated carbocycles. The van der Waals surface area contributed by atoms with Crippen molar-refractivity contribution in [2.75, 3.05) is 20.6 Å². The lowest BCUT2D eigenvalue weighted by Crippen LogP contribution is -2.22. The molecular formula is C8H15Cl2NO. The number of halogens is 2. The van der Waals surface area contributed by atoms with Crippen LogP contribution in [0.4, 0.5) is 0 Å². The molecule has 0 bridgehead atoms. The first-order chi connectivity index (χ1) is 5.25. The van der Waals surface area contributed by atoms with Crippen LogP contribution in [0.3, 0.4) is 0 Å². The minimum absolute atomic E-state index is 0.304. The predicted octanol–water partition coefficient (Wildman–Crippen LogP) is 2.01. The Bertz CT molecular complexity index is 182. The van der Waals surface area contributed by atoms with E-state index in [1.165, 1.54) is 0 Å². The number of nitrogens with zero attached hydrogens (tertiary/aromatic N) is 1. The normalized spacial score (nSPS) is 15.0. The topological polar surface area (TPSA) is 23.5 Å². The van der Waals surface area contributed by atoms with Gasteiger partial charge in [-0.05, 0) is 27.9 Å². The van der Waals surface area contributed by atoms with Gasteiger partial charge in [-0.25, -0.2) is 0 Å². The van der Waals surface area contributed by atoms with Crippen LogP contribution in [-0.2, 0) is 0 Å². The van der Waals surface area contributed by atoms with Gasteiger partial charge in [0.05, 0.1) is 10.6 Å². The molecule has 2 nitrogen and oxygen atoms in total. The molecule has 0 spiro atoms. The molecule has 0 aliphatic carbocycles. The van der Waals surface area contributed by atoms with Crippen LogP contribution in [0, 0.1) is 0 Å². The number of likely N-dealkylation sites (N-methyl/N-ethyl adjacent to an activating group) is 1. The van der Waals surface area contributed by atoms with E-state index in [9.17, 15) is 5.11 Å². The molecule has 4 heteroatoms. The number of rotatable bonds is 3. The van der Waals surface area contributed by atoms with Crippen molar-refractivity contribution in [2.45, 2.75) is 19.4 Å². The molecule has 0 saturated heterocycles. The summed E-state index contributed by atoms with van der Waals surface area (Å²) < 4.78 is 0. The molecule has 72 valence electrons. The third kappa shape index (κ3) is 4.31. The molecule has 0 fully saturated rings. The zero-order valence-electron chi connectivity index (χ0n) is 7.86. The maximum absolute atomic E-state index is 9.48. The van der Waals surface area contributed by atoms with Gasteiger partial charge in [-0.1, -0.05) is 23.2 Å². The lowest BCUT2D eigenvalue weighted by atomic mass is 10.1. The average Bonchev–Trinajstić information content (AvgIpc) is 1.82. The van der Waals surface area contributed by atoms with E-state index in [1.807, 2.05) is 19.0 Å². The van der Waals surface area contributed by atoms with Crippen LogP contribution in [0.15, 0.2) is 10.1 Å². The highest BCUT2D eigenvalue weighted by molar-refractivity contribution is 6.39. The molecule has 0 unspecified atom stereocenters. The summed E-state index contributed by atoms with van der Waals surface area (Å²) in [5, 5.41) is 10.3. The third-order valence-corrected chi connectivity index (χ3v) is 2.33. The van der Waals surface area contributed by atoms with Gasteiger partial charge in [0.2, 0.25) is 0 Å². The van der Waals surface area contributed by atoms with Crippen LogP contribution in [0.5, 0.6) is 0 Å². The van der Waals surface area contributed by atoms with Crippen molar-refractivity contribution in [1.29, 1.82) is 0 Å². The van der Waals surface area contributed by atoms with Gasteiger partial charge >= 0.3 is 0 Å². The standard InChI is InChI=1S/C8H15Cl2NO/c1-8(2,12)7(10)6(9)5-11(3)4/h12H,5H2,1-4H3/b7-6+. The Labute approximate surface area is 83.8 Å². The monoisotopic (exact) mass is 211 g/mol. The molecule has 0 aliphatic rings. The summed E-state index contributed by atoms with van der Waals surface area (Å²) in [4.78, 5) is 1.89. The second-order valence-corrected chi connectivity index (χ2v) is 4.35. The molecule has 0 aromatic carbocycles. The van der Waals surface area contributed by atoms with Crippen LogP contribution in [0.1, 0.15) is 13.8 Å². The van der Waals surface area contributed by atoms with Crippen molar-refractivity contribution in [1.82, 2.24) is 4.90 Å². The number of hydrogen-bond donors (Lipinski definition) is 1. The van der Waals surface area contributed by atoms with Gasteiger partial charge in [-0.15, -0.1) is 0 Å². The van der Waals surface area contributed by atoms with Gasteiger partial charge in [0.25, 0.3) is 0 Å². The fourth-order valence-electron chi connectivity index (χ4n) is 0.679. The zero-order valence-corrected chi connectivity index (χ0v) is 9.37. The lowest BCUT2D eigenvalue weighted by molar-refractivity contribution is 0.127. The molecule has 12 heavy (non-hydrogen) atoms. The van der Waals surface area contributed by atoms with Gasteiger partial charge in [0.15, 0.2) is 0 Å². The van der Waals surface area contributed by atoms with E-state index >= 15 is 0 Å². The van der Waals surface area contributed by atoms with Crippen molar-refractivity contribution in [2.24, 2.45) is 0 Å². The predicted molar refractivity (Wildman–Crippen MR) is 53.6 cm³/mol. The minimum atomic E-state index is -1.05. The van der Waals surface area contributed by atoms with E-state index in [1.54, 1.807) is 13.8 Å². The van der Waals surface area contributed by atoms with E-state index in [-0.39, 0.29) is 0 Å². The summed E-state index contributed by atoms with van der Waals surface area (Å²) in [6, 6.07) is 0. The molecule has 0 heterocycles. The second-order valence-electron chi connectivity index (χ2n) is 3.52. The quantitative estimate of drug-likeness (QED) is 0.773. The molecule has 0 amide bonds. The molecule has 0 aromatic rings. The molecule has 1 N–H and O–H groups in total. The molecule has 0 aromatic heterocycles. The molecular weight excluding hydrogens is 197 g/mol. The highest BCUT2D eigenvalue weighted by Crippen LogP contribution is 2.25. The minimum Gasteiger partial charge on any atom is -0.385 e. The van der Waals surface area contributed by atoms with Gasteiger partial charge in [-0.2, -0.15) is 0 Å². The highest BCUT2D eigenvalue weighted by atomic mass is 35.5. The molecule has 0 rings (SSSR count). The fraction of sp³-hybridized carbons (Fsp3) is 0.750. The van der Waals surface area contributed by atoms with Crippen LogP contribution in [0.2, 0.25) is 0 Å². The van der Waals surface area contributed by atoms with E-state index < -0.39 is 5.60 Å². The van der Waals surface area contributed by atoms with E-state index in [2.05, 4.69) is 0 Å². The Morgan fingerprint density at radius 2 is 1.75 bits per heavy atom. The summed E-state index contributed by atoms with van der Waals surface area (Å²) in [5.41, 5.74) is -1.05. The Balaban J connectivity index is 4.47. The van der Waals surface area contributed by atoms with Crippen LogP contribution in [-0.4, -0.2) is 36.2 Å². The van der Waals surface area contributed by atoms with Gasteiger partial charge in [0, 0.05) is 11.6 Å². The SMILES string of the molecule is CN(C)C/C(Cl)=C(\Cl)C(C)(C)O. The van der Waals surface area contributed by atoms with Crippen molar-refractivity contribution >= 4 is 23.2 Å². The van der Waals surface area contributed by atoms with Crippen LogP contribution < -0.4 is 0 Å². The first-order valence-electron chi connectivity index (χ1n) is 3.67. The third-order valence-electron chi connectivity index (χ3n) is 1.23. The summed E-state index contributed by atoms with van der Waals surface area (Å²) in [5.74, 6) is 0. The first kappa shape index (κ1) is 12.2. The van der Waals surface area contributed by atoms with Crippen molar-refractivity contribution in [3.8, 4) is 0 Å².